The number of ketones is 2. The number of carbonyl (C=O) groups is 9. The second-order valence-electron chi connectivity index (χ2n) is 24.8. The fourth-order valence-corrected chi connectivity index (χ4v) is 14.1. The van der Waals surface area contributed by atoms with E-state index >= 15 is 0 Å². The number of ether oxygens (including phenoxy) is 5. The highest BCUT2D eigenvalue weighted by Gasteiger charge is 2.64. The third kappa shape index (κ3) is 20.6. The average molecular weight is 1440 g/mol. The van der Waals surface area contributed by atoms with Crippen LogP contribution in [0.4, 0.5) is 15.3 Å². The number of nitrogens with two attached hydrogens (primary N) is 1. The average Bonchev–Trinajstić information content (AvgIpc) is 1.58. The molecular weight excluding hydrogens is 1350 g/mol. The van der Waals surface area contributed by atoms with Crippen LogP contribution < -0.4 is 26.6 Å². The van der Waals surface area contributed by atoms with Crippen LogP contribution in [0.5, 0.6) is 0 Å². The van der Waals surface area contributed by atoms with Crippen LogP contribution in [0.25, 0.3) is 0 Å². The lowest BCUT2D eigenvalue weighted by atomic mass is 9.83. The van der Waals surface area contributed by atoms with Crippen molar-refractivity contribution >= 4 is 112 Å². The van der Waals surface area contributed by atoms with Gasteiger partial charge < -0.3 is 55.0 Å². The van der Waals surface area contributed by atoms with Crippen LogP contribution in [-0.2, 0) is 75.1 Å². The molecule has 2 saturated heterocycles. The summed E-state index contributed by atoms with van der Waals surface area (Å²) in [5.74, 6) is -6.21. The molecule has 5 rings (SSSR count). The molecule has 2 fully saturated rings. The van der Waals surface area contributed by atoms with Gasteiger partial charge in [-0.25, -0.2) is 22.8 Å². The van der Waals surface area contributed by atoms with Crippen molar-refractivity contribution in [3.8, 4) is 0 Å². The van der Waals surface area contributed by atoms with Gasteiger partial charge in [0, 0.05) is 87.7 Å². The Morgan fingerprint density at radius 1 is 1.00 bits per heavy atom. The van der Waals surface area contributed by atoms with Gasteiger partial charge in [0.2, 0.25) is 11.8 Å². The van der Waals surface area contributed by atoms with Crippen molar-refractivity contribution in [3.05, 3.63) is 81.4 Å². The number of anilines is 1. The maximum absolute atomic E-state index is 14.5. The molecule has 0 radical (unpaired) electrons. The van der Waals surface area contributed by atoms with Crippen molar-refractivity contribution in [3.63, 3.8) is 0 Å². The van der Waals surface area contributed by atoms with E-state index in [9.17, 15) is 56.7 Å². The number of fused-ring (bicyclic) bond motifs is 5. The molecule has 23 nitrogen and oxygen atoms in total. The molecule has 0 saturated carbocycles. The van der Waals surface area contributed by atoms with Gasteiger partial charge in [-0.05, 0) is 114 Å². The Labute approximate surface area is 555 Å². The maximum Gasteiger partial charge on any atom is 0.409 e. The van der Waals surface area contributed by atoms with Crippen LogP contribution in [0.2, 0.25) is 5.02 Å². The number of urea groups is 1. The number of Topliss-reactive ketones (excluding diaryl/α,β-unsaturated/α-hetero) is 2. The van der Waals surface area contributed by atoms with Gasteiger partial charge in [0.05, 0.1) is 46.2 Å². The number of likely N-dealkylation sites (N-methyl/N-ethyl adjacent to an activating group) is 1. The normalized spacial score (nSPS) is 24.2. The minimum atomic E-state index is -4.19. The lowest BCUT2D eigenvalue weighted by Crippen LogP contribution is -2.63. The smallest absolute Gasteiger partial charge is 0.409 e. The monoisotopic (exact) mass is 1440 g/mol. The molecule has 6 N–H and O–H groups in total. The topological polar surface area (TPSA) is 326 Å². The highest BCUT2D eigenvalue weighted by molar-refractivity contribution is 9.09. The zero-order valence-corrected chi connectivity index (χ0v) is 58.6. The fraction of sp³-hybridized carbons (Fsp3) is 0.609. The van der Waals surface area contributed by atoms with E-state index in [4.69, 9.17) is 41.0 Å². The zero-order chi connectivity index (χ0) is 68.0. The molecule has 3 heterocycles. The quantitative estimate of drug-likeness (QED) is 0.0188. The number of rotatable bonds is 27. The van der Waals surface area contributed by atoms with Gasteiger partial charge in [0.1, 0.15) is 35.7 Å². The molecule has 504 valence electrons. The number of methoxy groups -OCH3 is 1. The maximum atomic E-state index is 14.5. The summed E-state index contributed by atoms with van der Waals surface area (Å²) in [6.07, 6.45) is 1.75. The van der Waals surface area contributed by atoms with E-state index in [0.717, 1.165) is 28.4 Å². The number of sulfone groups is 1. The molecule has 11 atom stereocenters. The number of primary amides is 1. The number of carbonyl (C=O) groups excluding carboxylic acids is 9. The number of nitrogens with one attached hydrogen (secondary N) is 3. The number of halogens is 3. The minimum absolute atomic E-state index is 0.00790. The summed E-state index contributed by atoms with van der Waals surface area (Å²) in [6, 6.07) is 3.94. The summed E-state index contributed by atoms with van der Waals surface area (Å²) in [4.78, 5) is 124. The first kappa shape index (κ1) is 75.9. The number of epoxide rings is 1. The predicted octanol–water partition coefficient (Wildman–Crippen LogP) is 7.71. The minimum Gasteiger partial charge on any atom is -0.462 e. The Kier molecular flexibility index (Phi) is 27.9. The van der Waals surface area contributed by atoms with E-state index in [2.05, 4.69) is 47.8 Å². The lowest BCUT2D eigenvalue weighted by molar-refractivity contribution is -0.158. The number of unbranched alkanes of at least 4 members (excludes halogenated alkanes) is 1. The number of aryl methyl sites for hydroxylation is 1. The van der Waals surface area contributed by atoms with Crippen LogP contribution in [0.15, 0.2) is 59.0 Å². The second kappa shape index (κ2) is 33.4. The number of nitrogens with zero attached hydrogens (tertiary/aromatic N) is 2. The van der Waals surface area contributed by atoms with Gasteiger partial charge in [-0.2, -0.15) is 0 Å². The van der Waals surface area contributed by atoms with Crippen molar-refractivity contribution in [1.82, 2.24) is 20.9 Å². The van der Waals surface area contributed by atoms with Gasteiger partial charge in [-0.15, -0.1) is 0 Å². The highest BCUT2D eigenvalue weighted by Crippen LogP contribution is 2.49. The number of amides is 6. The Balaban J connectivity index is 1.36. The highest BCUT2D eigenvalue weighted by atomic mass is 79.9. The van der Waals surface area contributed by atoms with Crippen molar-refractivity contribution in [2.45, 2.75) is 185 Å². The Morgan fingerprint density at radius 3 is 2.31 bits per heavy atom. The largest absolute Gasteiger partial charge is 0.462 e. The molecule has 0 aliphatic carbocycles. The number of hydrogen-bond donors (Lipinski definition) is 5. The first-order chi connectivity index (χ1) is 42.6. The van der Waals surface area contributed by atoms with Gasteiger partial charge in [-0.1, -0.05) is 100 Å². The first-order valence-corrected chi connectivity index (χ1v) is 34.9. The molecule has 2 aromatic carbocycles. The van der Waals surface area contributed by atoms with Gasteiger partial charge in [0.25, 0.3) is 5.91 Å². The number of benzene rings is 2. The van der Waals surface area contributed by atoms with Crippen molar-refractivity contribution < 1.29 is 80.4 Å². The Hall–Kier alpha value is -5.77. The first-order valence-electron chi connectivity index (χ1n) is 30.4. The van der Waals surface area contributed by atoms with E-state index in [0.29, 0.717) is 52.6 Å². The molecule has 0 aromatic heterocycles. The molecule has 4 bridgehead atoms. The van der Waals surface area contributed by atoms with E-state index in [-0.39, 0.29) is 84.4 Å². The summed E-state index contributed by atoms with van der Waals surface area (Å²) < 4.78 is 56.6. The summed E-state index contributed by atoms with van der Waals surface area (Å²) in [6.45, 7) is 13.8. The Morgan fingerprint density at radius 2 is 1.68 bits per heavy atom. The summed E-state index contributed by atoms with van der Waals surface area (Å²) in [7, 11) is 0.0397. The van der Waals surface area contributed by atoms with Crippen molar-refractivity contribution in [2.24, 2.45) is 29.4 Å². The Bertz CT molecular complexity index is 3200. The van der Waals surface area contributed by atoms with Gasteiger partial charge in [-0.3, -0.25) is 34.1 Å². The number of esters is 2. The van der Waals surface area contributed by atoms with E-state index in [1.54, 1.807) is 52.8 Å². The van der Waals surface area contributed by atoms with Crippen molar-refractivity contribution in [2.75, 3.05) is 49.6 Å². The van der Waals surface area contributed by atoms with E-state index in [1.165, 1.54) is 45.2 Å². The number of allylic oxidation sites excluding steroid dienone is 3. The SMILES string of the molecule is CO[C@@H]1/C=C/C=C(\C)Cc2cc(C)c(Cl)c(c2)N(C)C(=O)C[C@H](OC(=O)[C@H](C)N(C)C(=O)c2ccc(CC(=O)[C@H](CCCNC(N)=O)NC(=O)[C@@H](CC(=O)CCCCC(C)OC(=O)C(CBr)CBr)C(C)C)c(S(C)(=O)=O)c2)[C@]2(C)O[C@H]2[C@H](C)[C@@H]2C[C@@]1(O)NC(=O)O2. The number of alkyl halides is 2. The number of hydrogen-bond acceptors (Lipinski definition) is 17. The van der Waals surface area contributed by atoms with Gasteiger partial charge >= 0.3 is 24.1 Å². The number of aliphatic hydroxyl groups is 1. The van der Waals surface area contributed by atoms with Crippen LogP contribution in [-0.4, -0.2) is 170 Å². The standard InChI is InChI=1S/C64H89Br2ClN6O17S/c1-35(2)46(30-45(74)19-14-13-18-38(5)87-60(80)44(33-65)34-66)57(77)70-47(20-16-24-69-61(68)81)49(75)28-42-22-23-43(29-51(42)91(12,84)85)58(78)72(9)40(7)59(79)89-53-31-54(76)73(10)48-27-41(26-37(4)55(48)67)25-36(3)17-15-21-52(86-11)64(83)32-50(88-62(82)71-64)39(6)56-63(53,8)90-56/h15,17,21-23,26-27,29,35,38-40,44,46-47,50,52-53,56,83H,13-14,16,18-20,24-25,28,30-34H2,1-12H3,(H,70,77)(H,71,82)(H3,68,69,81)/b21-15+,36-17+/t38?,39-,40+,46+,47+,50+,52-,53+,56+,63+,64+/m1/s1. The van der Waals surface area contributed by atoms with Crippen molar-refractivity contribution in [1.29, 1.82) is 0 Å². The molecule has 2 aromatic rings. The third-order valence-electron chi connectivity index (χ3n) is 17.1. The zero-order valence-electron chi connectivity index (χ0n) is 53.9. The lowest BCUT2D eigenvalue weighted by Gasteiger charge is -2.42. The molecule has 0 spiro atoms. The molecule has 3 aliphatic heterocycles. The summed E-state index contributed by atoms with van der Waals surface area (Å²) >= 11 is 13.5. The van der Waals surface area contributed by atoms with Crippen LogP contribution in [0, 0.1) is 30.6 Å². The summed E-state index contributed by atoms with van der Waals surface area (Å²) in [5, 5.41) is 20.9. The second-order valence-corrected chi connectivity index (χ2v) is 28.4. The third-order valence-corrected chi connectivity index (χ3v) is 20.4. The van der Waals surface area contributed by atoms with Crippen LogP contribution in [0.3, 0.4) is 0 Å². The van der Waals surface area contributed by atoms with Crippen LogP contribution in [0.1, 0.15) is 133 Å². The van der Waals surface area contributed by atoms with Crippen LogP contribution >= 0.6 is 43.5 Å². The number of alkyl carbamates (subject to hydrolysis) is 1. The molecule has 3 aliphatic rings. The molecule has 1 unspecified atom stereocenters. The molecule has 91 heavy (non-hydrogen) atoms. The molecule has 6 amide bonds. The van der Waals surface area contributed by atoms with E-state index < -0.39 is 124 Å². The summed E-state index contributed by atoms with van der Waals surface area (Å²) in [5.41, 5.74) is 4.55. The predicted molar refractivity (Wildman–Crippen MR) is 349 cm³/mol. The molecule has 27 heteroatoms. The van der Waals surface area contributed by atoms with E-state index in [1.807, 2.05) is 26.0 Å². The fourth-order valence-electron chi connectivity index (χ4n) is 11.3. The molecular formula is C64H89Br2ClN6O17S. The van der Waals surface area contributed by atoms with Gasteiger partial charge in [0.15, 0.2) is 21.3 Å².